The predicted octanol–water partition coefficient (Wildman–Crippen LogP) is 0.595. The molecule has 1 fully saturated rings. The van der Waals surface area contributed by atoms with Crippen molar-refractivity contribution >= 4 is 17.6 Å². The van der Waals surface area contributed by atoms with Crippen LogP contribution in [0.2, 0.25) is 0 Å². The first-order valence-corrected chi connectivity index (χ1v) is 5.26. The van der Waals surface area contributed by atoms with Gasteiger partial charge in [0, 0.05) is 19.3 Å². The van der Waals surface area contributed by atoms with Crippen LogP contribution in [0.25, 0.3) is 0 Å². The Morgan fingerprint density at radius 3 is 2.94 bits per heavy atom. The number of nitrogens with zero attached hydrogens (tertiary/aromatic N) is 3. The molecule has 2 heterocycles. The Kier molecular flexibility index (Phi) is 2.64. The van der Waals surface area contributed by atoms with Gasteiger partial charge in [0.1, 0.15) is 0 Å². The third kappa shape index (κ3) is 1.78. The number of anilines is 1. The number of hydrogen-bond acceptors (Lipinski definition) is 3. The molecule has 1 aromatic heterocycles. The first-order chi connectivity index (χ1) is 7.61. The van der Waals surface area contributed by atoms with Gasteiger partial charge in [-0.3, -0.25) is 19.7 Å². The molecule has 0 saturated carbocycles. The van der Waals surface area contributed by atoms with Crippen LogP contribution in [0.1, 0.15) is 13.8 Å². The summed E-state index contributed by atoms with van der Waals surface area (Å²) < 4.78 is 1.74. The third-order valence-electron chi connectivity index (χ3n) is 2.63. The molecule has 6 nitrogen and oxygen atoms in total. The van der Waals surface area contributed by atoms with E-state index in [1.807, 2.05) is 6.92 Å². The van der Waals surface area contributed by atoms with Gasteiger partial charge in [-0.05, 0) is 6.92 Å². The zero-order valence-corrected chi connectivity index (χ0v) is 9.30. The molecule has 0 aromatic carbocycles. The molecule has 1 unspecified atom stereocenters. The highest BCUT2D eigenvalue weighted by molar-refractivity contribution is 6.06. The molecule has 1 aliphatic heterocycles. The molecule has 1 aromatic rings. The van der Waals surface area contributed by atoms with E-state index in [-0.39, 0.29) is 17.9 Å². The molecule has 3 amide bonds. The number of carbonyl (C=O) groups excluding carboxylic acids is 2. The Bertz CT molecular complexity index is 426. The lowest BCUT2D eigenvalue weighted by molar-refractivity contribution is -0.123. The molecule has 86 valence electrons. The van der Waals surface area contributed by atoms with Gasteiger partial charge in [0.25, 0.3) is 0 Å². The van der Waals surface area contributed by atoms with Crippen molar-refractivity contribution < 1.29 is 9.59 Å². The smallest absolute Gasteiger partial charge is 0.290 e. The Morgan fingerprint density at radius 1 is 1.56 bits per heavy atom. The molecular weight excluding hydrogens is 208 g/mol. The first-order valence-electron chi connectivity index (χ1n) is 5.26. The van der Waals surface area contributed by atoms with Crippen LogP contribution in [0.15, 0.2) is 12.4 Å². The summed E-state index contributed by atoms with van der Waals surface area (Å²) in [7, 11) is 0. The van der Waals surface area contributed by atoms with Gasteiger partial charge in [0.05, 0.1) is 17.8 Å². The van der Waals surface area contributed by atoms with E-state index < -0.39 is 0 Å². The molecule has 1 N–H and O–H groups in total. The zero-order valence-electron chi connectivity index (χ0n) is 9.30. The normalized spacial score (nSPS) is 21.1. The number of aryl methyl sites for hydroxylation is 1. The number of amides is 3. The summed E-state index contributed by atoms with van der Waals surface area (Å²) in [6, 6.07) is -0.376. The minimum atomic E-state index is -0.376. The first kappa shape index (κ1) is 10.7. The second kappa shape index (κ2) is 3.96. The van der Waals surface area contributed by atoms with Crippen molar-refractivity contribution in [3.63, 3.8) is 0 Å². The fourth-order valence-electron chi connectivity index (χ4n) is 1.62. The van der Waals surface area contributed by atoms with Crippen LogP contribution in [0.3, 0.4) is 0 Å². The van der Waals surface area contributed by atoms with Crippen LogP contribution in [-0.4, -0.2) is 28.3 Å². The number of rotatable bonds is 2. The Hall–Kier alpha value is -1.85. The molecule has 2 rings (SSSR count). The largest absolute Gasteiger partial charge is 0.328 e. The lowest BCUT2D eigenvalue weighted by atomic mass is 10.1. The van der Waals surface area contributed by atoms with Crippen LogP contribution in [0, 0.1) is 5.92 Å². The van der Waals surface area contributed by atoms with E-state index in [9.17, 15) is 9.59 Å². The van der Waals surface area contributed by atoms with E-state index in [0.29, 0.717) is 6.54 Å². The monoisotopic (exact) mass is 222 g/mol. The second-order valence-electron chi connectivity index (χ2n) is 3.86. The lowest BCUT2D eigenvalue weighted by Crippen LogP contribution is -2.53. The van der Waals surface area contributed by atoms with E-state index >= 15 is 0 Å². The summed E-state index contributed by atoms with van der Waals surface area (Å²) in [5, 5.41) is 6.41. The number of aromatic nitrogens is 2. The minimum absolute atomic E-state index is 0.192. The summed E-state index contributed by atoms with van der Waals surface area (Å²) in [4.78, 5) is 24.4. The lowest BCUT2D eigenvalue weighted by Gasteiger charge is -2.29. The van der Waals surface area contributed by atoms with Gasteiger partial charge >= 0.3 is 6.03 Å². The van der Waals surface area contributed by atoms with E-state index in [1.165, 1.54) is 4.90 Å². The maximum Gasteiger partial charge on any atom is 0.328 e. The Labute approximate surface area is 93.2 Å². The van der Waals surface area contributed by atoms with Gasteiger partial charge in [0.2, 0.25) is 5.91 Å². The van der Waals surface area contributed by atoms with Crippen molar-refractivity contribution in [2.75, 3.05) is 11.4 Å². The average molecular weight is 222 g/mol. The highest BCUT2D eigenvalue weighted by Crippen LogP contribution is 2.18. The van der Waals surface area contributed by atoms with E-state index in [2.05, 4.69) is 10.4 Å². The Morgan fingerprint density at radius 2 is 2.31 bits per heavy atom. The topological polar surface area (TPSA) is 67.2 Å². The summed E-state index contributed by atoms with van der Waals surface area (Å²) in [5.41, 5.74) is 0.721. The van der Waals surface area contributed by atoms with Crippen LogP contribution >= 0.6 is 0 Å². The van der Waals surface area contributed by atoms with Gasteiger partial charge in [-0.15, -0.1) is 0 Å². The molecular formula is C10H14N4O2. The van der Waals surface area contributed by atoms with Crippen molar-refractivity contribution in [3.8, 4) is 0 Å². The maximum absolute atomic E-state index is 11.6. The molecule has 0 bridgehead atoms. The second-order valence-corrected chi connectivity index (χ2v) is 3.86. The van der Waals surface area contributed by atoms with Crippen LogP contribution in [0.4, 0.5) is 10.5 Å². The average Bonchev–Trinajstić information content (AvgIpc) is 2.71. The van der Waals surface area contributed by atoms with E-state index in [0.717, 1.165) is 12.2 Å². The molecule has 0 radical (unpaired) electrons. The number of nitrogens with one attached hydrogen (secondary N) is 1. The summed E-state index contributed by atoms with van der Waals surface area (Å²) in [6.07, 6.45) is 3.42. The highest BCUT2D eigenvalue weighted by Gasteiger charge is 2.30. The van der Waals surface area contributed by atoms with Crippen LogP contribution in [-0.2, 0) is 11.3 Å². The number of imide groups is 1. The van der Waals surface area contributed by atoms with Crippen molar-refractivity contribution in [3.05, 3.63) is 12.4 Å². The van der Waals surface area contributed by atoms with Crippen molar-refractivity contribution in [1.82, 2.24) is 15.1 Å². The summed E-state index contributed by atoms with van der Waals surface area (Å²) in [6.45, 7) is 4.92. The molecule has 1 saturated heterocycles. The predicted molar refractivity (Wildman–Crippen MR) is 57.9 cm³/mol. The number of urea groups is 1. The van der Waals surface area contributed by atoms with Gasteiger partial charge in [-0.2, -0.15) is 5.10 Å². The minimum Gasteiger partial charge on any atom is -0.290 e. The highest BCUT2D eigenvalue weighted by atomic mass is 16.2. The zero-order chi connectivity index (χ0) is 11.7. The quantitative estimate of drug-likeness (QED) is 0.796. The maximum atomic E-state index is 11.6. The van der Waals surface area contributed by atoms with Gasteiger partial charge < -0.3 is 0 Å². The number of carbonyl (C=O) groups is 2. The van der Waals surface area contributed by atoms with Crippen molar-refractivity contribution in [2.45, 2.75) is 20.4 Å². The number of hydrogen-bond donors (Lipinski definition) is 1. The van der Waals surface area contributed by atoms with E-state index in [1.54, 1.807) is 24.0 Å². The van der Waals surface area contributed by atoms with Crippen LogP contribution < -0.4 is 10.2 Å². The van der Waals surface area contributed by atoms with E-state index in [4.69, 9.17) is 0 Å². The van der Waals surface area contributed by atoms with Crippen molar-refractivity contribution in [1.29, 1.82) is 0 Å². The van der Waals surface area contributed by atoms with Gasteiger partial charge in [0.15, 0.2) is 0 Å². The molecule has 1 atom stereocenters. The van der Waals surface area contributed by atoms with Gasteiger partial charge in [-0.1, -0.05) is 6.92 Å². The molecule has 0 spiro atoms. The summed E-state index contributed by atoms with van der Waals surface area (Å²) >= 11 is 0. The Balaban J connectivity index is 2.20. The fraction of sp³-hybridized carbons (Fsp3) is 0.500. The molecule has 1 aliphatic rings. The SMILES string of the molecule is CCn1cc(N2CC(C)C(=O)NC2=O)cn1. The third-order valence-corrected chi connectivity index (χ3v) is 2.63. The van der Waals surface area contributed by atoms with Gasteiger partial charge in [-0.25, -0.2) is 4.79 Å². The van der Waals surface area contributed by atoms with Crippen LogP contribution in [0.5, 0.6) is 0 Å². The standard InChI is InChI=1S/C10H14N4O2/c1-3-13-6-8(4-11-13)14-5-7(2)9(15)12-10(14)16/h4,6-7H,3,5H2,1-2H3,(H,12,15,16). The molecule has 0 aliphatic carbocycles. The van der Waals surface area contributed by atoms with Crippen molar-refractivity contribution in [2.24, 2.45) is 5.92 Å². The molecule has 6 heteroatoms. The summed E-state index contributed by atoms with van der Waals surface area (Å²) in [5.74, 6) is -0.410. The molecule has 16 heavy (non-hydrogen) atoms. The fourth-order valence-corrected chi connectivity index (χ4v) is 1.62.